The van der Waals surface area contributed by atoms with Crippen LogP contribution in [-0.4, -0.2) is 33.6 Å². The summed E-state index contributed by atoms with van der Waals surface area (Å²) in [6.45, 7) is 2.78. The van der Waals surface area contributed by atoms with E-state index in [0.717, 1.165) is 54.8 Å². The van der Waals surface area contributed by atoms with E-state index in [4.69, 9.17) is 4.74 Å². The molecule has 1 aromatic carbocycles. The standard InChI is InChI=1S/C20H23N3O2/c1-22-15(4-2-7-20(22)24)14-23-12-9-16(10-13-23)25-19-6-3-5-18-17(19)8-11-21-18/h2-8,11,16,21H,9-10,12-14H2,1H3. The number of ether oxygens (including phenoxy) is 1. The minimum absolute atomic E-state index is 0.0512. The van der Waals surface area contributed by atoms with Crippen LogP contribution in [0.5, 0.6) is 5.75 Å². The van der Waals surface area contributed by atoms with Gasteiger partial charge >= 0.3 is 0 Å². The number of hydrogen-bond acceptors (Lipinski definition) is 3. The number of piperidine rings is 1. The monoisotopic (exact) mass is 337 g/mol. The highest BCUT2D eigenvalue weighted by molar-refractivity contribution is 5.85. The summed E-state index contributed by atoms with van der Waals surface area (Å²) in [5.74, 6) is 0.961. The van der Waals surface area contributed by atoms with Gasteiger partial charge in [-0.15, -0.1) is 0 Å². The van der Waals surface area contributed by atoms with Crippen molar-refractivity contribution in [3.05, 3.63) is 64.7 Å². The molecule has 0 unspecified atom stereocenters. The van der Waals surface area contributed by atoms with Crippen molar-refractivity contribution in [1.29, 1.82) is 0 Å². The lowest BCUT2D eigenvalue weighted by Crippen LogP contribution is -2.38. The van der Waals surface area contributed by atoms with Gasteiger partial charge in [0.25, 0.3) is 0 Å². The van der Waals surface area contributed by atoms with E-state index in [1.54, 1.807) is 10.6 Å². The number of aromatic nitrogens is 2. The number of nitrogens with one attached hydrogen (secondary N) is 1. The van der Waals surface area contributed by atoms with E-state index >= 15 is 0 Å². The Morgan fingerprint density at radius 1 is 1.12 bits per heavy atom. The first-order valence-electron chi connectivity index (χ1n) is 8.81. The van der Waals surface area contributed by atoms with Crippen LogP contribution in [0, 0.1) is 0 Å². The van der Waals surface area contributed by atoms with Crippen LogP contribution in [0.1, 0.15) is 18.5 Å². The molecule has 0 aliphatic carbocycles. The third-order valence-corrected chi connectivity index (χ3v) is 5.06. The van der Waals surface area contributed by atoms with E-state index in [-0.39, 0.29) is 11.7 Å². The molecule has 0 saturated carbocycles. The zero-order chi connectivity index (χ0) is 17.2. The van der Waals surface area contributed by atoms with Gasteiger partial charge in [-0.1, -0.05) is 12.1 Å². The molecule has 5 heteroatoms. The molecule has 0 bridgehead atoms. The summed E-state index contributed by atoms with van der Waals surface area (Å²) in [6.07, 6.45) is 4.20. The molecule has 3 aromatic rings. The first-order valence-corrected chi connectivity index (χ1v) is 8.81. The number of fused-ring (bicyclic) bond motifs is 1. The van der Waals surface area contributed by atoms with Crippen molar-refractivity contribution in [2.24, 2.45) is 7.05 Å². The first-order chi connectivity index (χ1) is 12.2. The molecular formula is C20H23N3O2. The van der Waals surface area contributed by atoms with E-state index in [0.29, 0.717) is 0 Å². The van der Waals surface area contributed by atoms with Crippen molar-refractivity contribution in [3.8, 4) is 5.75 Å². The van der Waals surface area contributed by atoms with E-state index < -0.39 is 0 Å². The largest absolute Gasteiger partial charge is 0.490 e. The van der Waals surface area contributed by atoms with Gasteiger partial charge in [-0.2, -0.15) is 0 Å². The summed E-state index contributed by atoms with van der Waals surface area (Å²) in [7, 11) is 1.84. The molecule has 0 spiro atoms. The maximum absolute atomic E-state index is 11.7. The SMILES string of the molecule is Cn1c(CN2CCC(Oc3cccc4[nH]ccc34)CC2)cccc1=O. The smallest absolute Gasteiger partial charge is 0.250 e. The van der Waals surface area contributed by atoms with Gasteiger partial charge in [0.1, 0.15) is 11.9 Å². The maximum atomic E-state index is 11.7. The lowest BCUT2D eigenvalue weighted by Gasteiger charge is -2.32. The summed E-state index contributed by atoms with van der Waals surface area (Å²) in [6, 6.07) is 13.7. The predicted octanol–water partition coefficient (Wildman–Crippen LogP) is 2.91. The number of likely N-dealkylation sites (tertiary alicyclic amines) is 1. The maximum Gasteiger partial charge on any atom is 0.250 e. The molecule has 130 valence electrons. The number of nitrogens with zero attached hydrogens (tertiary/aromatic N) is 2. The quantitative estimate of drug-likeness (QED) is 0.796. The Hall–Kier alpha value is -2.53. The normalized spacial score (nSPS) is 16.4. The Balaban J connectivity index is 1.38. The molecule has 5 nitrogen and oxygen atoms in total. The molecule has 1 N–H and O–H groups in total. The zero-order valence-corrected chi connectivity index (χ0v) is 14.4. The van der Waals surface area contributed by atoms with Crippen molar-refractivity contribution in [2.45, 2.75) is 25.5 Å². The van der Waals surface area contributed by atoms with E-state index in [9.17, 15) is 4.79 Å². The number of benzene rings is 1. The van der Waals surface area contributed by atoms with Crippen molar-refractivity contribution < 1.29 is 4.74 Å². The molecule has 3 heterocycles. The fraction of sp³-hybridized carbons (Fsp3) is 0.350. The molecule has 25 heavy (non-hydrogen) atoms. The third kappa shape index (κ3) is 3.33. The summed E-state index contributed by atoms with van der Waals surface area (Å²) in [4.78, 5) is 17.4. The minimum atomic E-state index is 0.0512. The molecule has 1 aliphatic heterocycles. The Labute approximate surface area is 146 Å². The lowest BCUT2D eigenvalue weighted by atomic mass is 10.1. The van der Waals surface area contributed by atoms with Gasteiger partial charge in [0.05, 0.1) is 0 Å². The second-order valence-electron chi connectivity index (χ2n) is 6.70. The Bertz CT molecular complexity index is 920. The summed E-state index contributed by atoms with van der Waals surface area (Å²) >= 11 is 0. The second kappa shape index (κ2) is 6.76. The minimum Gasteiger partial charge on any atom is -0.490 e. The van der Waals surface area contributed by atoms with E-state index in [2.05, 4.69) is 22.0 Å². The van der Waals surface area contributed by atoms with Crippen LogP contribution < -0.4 is 10.3 Å². The molecule has 0 amide bonds. The van der Waals surface area contributed by atoms with Crippen LogP contribution in [0.25, 0.3) is 10.9 Å². The average Bonchev–Trinajstić information content (AvgIpc) is 3.10. The highest BCUT2D eigenvalue weighted by atomic mass is 16.5. The number of aromatic amines is 1. The van der Waals surface area contributed by atoms with Crippen LogP contribution in [0.3, 0.4) is 0 Å². The van der Waals surface area contributed by atoms with Gasteiger partial charge in [-0.25, -0.2) is 0 Å². The molecular weight excluding hydrogens is 314 g/mol. The number of hydrogen-bond donors (Lipinski definition) is 1. The molecule has 4 rings (SSSR count). The summed E-state index contributed by atoms with van der Waals surface area (Å²) in [5, 5.41) is 1.14. The number of rotatable bonds is 4. The van der Waals surface area contributed by atoms with Crippen molar-refractivity contribution >= 4 is 10.9 Å². The van der Waals surface area contributed by atoms with Crippen molar-refractivity contribution in [2.75, 3.05) is 13.1 Å². The summed E-state index contributed by atoms with van der Waals surface area (Å²) in [5.41, 5.74) is 2.22. The van der Waals surface area contributed by atoms with Gasteiger partial charge in [0.15, 0.2) is 0 Å². The fourth-order valence-electron chi connectivity index (χ4n) is 3.52. The zero-order valence-electron chi connectivity index (χ0n) is 14.4. The predicted molar refractivity (Wildman–Crippen MR) is 98.9 cm³/mol. The van der Waals surface area contributed by atoms with Crippen LogP contribution in [0.4, 0.5) is 0 Å². The van der Waals surface area contributed by atoms with E-state index in [1.807, 2.05) is 37.5 Å². The Kier molecular flexibility index (Phi) is 4.32. The molecule has 0 atom stereocenters. The van der Waals surface area contributed by atoms with Crippen LogP contribution >= 0.6 is 0 Å². The van der Waals surface area contributed by atoms with Crippen LogP contribution in [0.2, 0.25) is 0 Å². The summed E-state index contributed by atoms with van der Waals surface area (Å²) < 4.78 is 8.00. The Morgan fingerprint density at radius 2 is 1.92 bits per heavy atom. The average molecular weight is 337 g/mol. The number of H-pyrrole nitrogens is 1. The highest BCUT2D eigenvalue weighted by Crippen LogP contribution is 2.27. The molecule has 1 aliphatic rings. The first kappa shape index (κ1) is 16.0. The van der Waals surface area contributed by atoms with Gasteiger partial charge in [-0.05, 0) is 37.1 Å². The van der Waals surface area contributed by atoms with E-state index in [1.165, 1.54) is 0 Å². The van der Waals surface area contributed by atoms with Crippen LogP contribution in [0.15, 0.2) is 53.5 Å². The Morgan fingerprint density at radius 3 is 2.76 bits per heavy atom. The molecule has 1 saturated heterocycles. The lowest BCUT2D eigenvalue weighted by molar-refractivity contribution is 0.0966. The molecule has 1 fully saturated rings. The van der Waals surface area contributed by atoms with Crippen molar-refractivity contribution in [1.82, 2.24) is 14.5 Å². The second-order valence-corrected chi connectivity index (χ2v) is 6.70. The van der Waals surface area contributed by atoms with Crippen molar-refractivity contribution in [3.63, 3.8) is 0 Å². The topological polar surface area (TPSA) is 50.3 Å². The fourth-order valence-corrected chi connectivity index (χ4v) is 3.52. The van der Waals surface area contributed by atoms with Gasteiger partial charge in [0, 0.05) is 55.5 Å². The molecule has 0 radical (unpaired) electrons. The number of pyridine rings is 1. The van der Waals surface area contributed by atoms with Gasteiger partial charge in [0.2, 0.25) is 5.56 Å². The van der Waals surface area contributed by atoms with Crippen LogP contribution in [-0.2, 0) is 13.6 Å². The van der Waals surface area contributed by atoms with Gasteiger partial charge in [-0.3, -0.25) is 9.69 Å². The highest BCUT2D eigenvalue weighted by Gasteiger charge is 2.21. The van der Waals surface area contributed by atoms with Gasteiger partial charge < -0.3 is 14.3 Å². The molecule has 2 aromatic heterocycles. The third-order valence-electron chi connectivity index (χ3n) is 5.06.